The van der Waals surface area contributed by atoms with Gasteiger partial charge in [0.15, 0.2) is 0 Å². The molecule has 1 aromatic carbocycles. The molecule has 0 spiro atoms. The van der Waals surface area contributed by atoms with Crippen LogP contribution in [0.25, 0.3) is 0 Å². The van der Waals surface area contributed by atoms with Crippen LogP contribution in [0.5, 0.6) is 0 Å². The normalized spacial score (nSPS) is 19.0. The molecular weight excluding hydrogens is 240 g/mol. The van der Waals surface area contributed by atoms with E-state index in [4.69, 9.17) is 10.00 Å². The van der Waals surface area contributed by atoms with Crippen LogP contribution in [0.1, 0.15) is 18.4 Å². The lowest BCUT2D eigenvalue weighted by atomic mass is 10.1. The molecule has 1 heterocycles. The molecule has 1 atom stereocenters. The minimum atomic E-state index is -0.413. The Hall–Kier alpha value is -1.86. The lowest BCUT2D eigenvalue weighted by Crippen LogP contribution is -2.22. The van der Waals surface area contributed by atoms with Crippen molar-refractivity contribution in [3.63, 3.8) is 0 Å². The second-order valence-electron chi connectivity index (χ2n) is 4.89. The molecule has 1 unspecified atom stereocenters. The van der Waals surface area contributed by atoms with Crippen LogP contribution >= 0.6 is 0 Å². The van der Waals surface area contributed by atoms with Crippen LogP contribution in [-0.4, -0.2) is 30.6 Å². The molecule has 0 radical (unpaired) electrons. The average Bonchev–Trinajstić information content (AvgIpc) is 2.86. The molecule has 1 aromatic rings. The Kier molecular flexibility index (Phi) is 4.93. The lowest BCUT2D eigenvalue weighted by Gasteiger charge is -2.16. The van der Waals surface area contributed by atoms with Crippen molar-refractivity contribution in [3.8, 4) is 6.07 Å². The first kappa shape index (κ1) is 13.6. The maximum atomic E-state index is 11.1. The molecule has 1 aliphatic heterocycles. The van der Waals surface area contributed by atoms with Gasteiger partial charge >= 0.3 is 5.97 Å². The molecule has 0 aliphatic carbocycles. The minimum absolute atomic E-state index is 0.152. The summed E-state index contributed by atoms with van der Waals surface area (Å²) in [6.45, 7) is 3.37. The van der Waals surface area contributed by atoms with Gasteiger partial charge in [0, 0.05) is 19.0 Å². The zero-order valence-electron chi connectivity index (χ0n) is 10.9. The van der Waals surface area contributed by atoms with Crippen molar-refractivity contribution in [3.05, 3.63) is 35.9 Å². The fraction of sp³-hybridized carbons (Fsp3) is 0.467. The van der Waals surface area contributed by atoms with Crippen molar-refractivity contribution in [2.75, 3.05) is 19.7 Å². The van der Waals surface area contributed by atoms with E-state index in [2.05, 4.69) is 17.0 Å². The van der Waals surface area contributed by atoms with Gasteiger partial charge in [0.25, 0.3) is 0 Å². The summed E-state index contributed by atoms with van der Waals surface area (Å²) in [5.41, 5.74) is 1.31. The highest BCUT2D eigenvalue weighted by molar-refractivity contribution is 5.71. The van der Waals surface area contributed by atoms with Crippen molar-refractivity contribution < 1.29 is 9.53 Å². The van der Waals surface area contributed by atoms with Gasteiger partial charge in [-0.05, 0) is 18.5 Å². The Bertz CT molecular complexity index is 453. The molecule has 2 rings (SSSR count). The van der Waals surface area contributed by atoms with E-state index < -0.39 is 5.97 Å². The largest absolute Gasteiger partial charge is 0.465 e. The zero-order valence-corrected chi connectivity index (χ0v) is 10.9. The smallest absolute Gasteiger partial charge is 0.320 e. The summed E-state index contributed by atoms with van der Waals surface area (Å²) in [6, 6.07) is 12.2. The summed E-state index contributed by atoms with van der Waals surface area (Å²) in [6.07, 6.45) is 0.896. The number of carbonyl (C=O) groups excluding carboxylic acids is 1. The quantitative estimate of drug-likeness (QED) is 0.758. The number of likely N-dealkylation sites (tertiary alicyclic amines) is 1. The van der Waals surface area contributed by atoms with Gasteiger partial charge in [-0.1, -0.05) is 30.3 Å². The molecule has 1 fully saturated rings. The highest BCUT2D eigenvalue weighted by Crippen LogP contribution is 2.19. The summed E-state index contributed by atoms with van der Waals surface area (Å²) in [5.74, 6) is -0.0182. The van der Waals surface area contributed by atoms with Gasteiger partial charge in [-0.15, -0.1) is 0 Å². The van der Waals surface area contributed by atoms with E-state index in [1.165, 1.54) is 5.56 Å². The summed E-state index contributed by atoms with van der Waals surface area (Å²) >= 11 is 0. The number of hydrogen-bond donors (Lipinski definition) is 0. The number of nitriles is 1. The highest BCUT2D eigenvalue weighted by atomic mass is 16.5. The maximum absolute atomic E-state index is 11.1. The van der Waals surface area contributed by atoms with Crippen molar-refractivity contribution in [2.45, 2.75) is 19.4 Å². The molecule has 0 bridgehead atoms. The molecule has 4 heteroatoms. The Morgan fingerprint density at radius 1 is 1.42 bits per heavy atom. The molecule has 1 saturated heterocycles. The van der Waals surface area contributed by atoms with Crippen molar-refractivity contribution in [2.24, 2.45) is 5.92 Å². The van der Waals surface area contributed by atoms with E-state index in [1.54, 1.807) is 6.07 Å². The predicted octanol–water partition coefficient (Wildman–Crippen LogP) is 1.97. The van der Waals surface area contributed by atoms with E-state index >= 15 is 0 Å². The highest BCUT2D eigenvalue weighted by Gasteiger charge is 2.23. The number of rotatable bonds is 5. The van der Waals surface area contributed by atoms with Crippen LogP contribution in [0.4, 0.5) is 0 Å². The second kappa shape index (κ2) is 6.91. The fourth-order valence-electron chi connectivity index (χ4n) is 2.36. The number of nitrogens with zero attached hydrogens (tertiary/aromatic N) is 2. The van der Waals surface area contributed by atoms with Crippen LogP contribution < -0.4 is 0 Å². The van der Waals surface area contributed by atoms with Gasteiger partial charge in [0.1, 0.15) is 6.42 Å². The Balaban J connectivity index is 1.72. The molecule has 0 N–H and O–H groups in total. The number of esters is 1. The minimum Gasteiger partial charge on any atom is -0.465 e. The standard InChI is InChI=1S/C15H18N2O2/c16-8-6-15(18)19-12-14-7-9-17(11-14)10-13-4-2-1-3-5-13/h1-5,14H,6-7,9-12H2. The van der Waals surface area contributed by atoms with Crippen LogP contribution in [0.2, 0.25) is 0 Å². The fourth-order valence-corrected chi connectivity index (χ4v) is 2.36. The molecule has 0 amide bonds. The Labute approximate surface area is 113 Å². The van der Waals surface area contributed by atoms with E-state index in [0.717, 1.165) is 26.1 Å². The van der Waals surface area contributed by atoms with Crippen LogP contribution in [0, 0.1) is 17.2 Å². The van der Waals surface area contributed by atoms with Crippen molar-refractivity contribution in [1.82, 2.24) is 4.90 Å². The van der Waals surface area contributed by atoms with Gasteiger partial charge < -0.3 is 4.74 Å². The summed E-state index contributed by atoms with van der Waals surface area (Å²) in [5, 5.41) is 8.38. The van der Waals surface area contributed by atoms with Crippen molar-refractivity contribution >= 4 is 5.97 Å². The first-order valence-electron chi connectivity index (χ1n) is 6.57. The Morgan fingerprint density at radius 3 is 2.95 bits per heavy atom. The predicted molar refractivity (Wildman–Crippen MR) is 71.0 cm³/mol. The first-order valence-corrected chi connectivity index (χ1v) is 6.57. The van der Waals surface area contributed by atoms with Crippen LogP contribution in [0.3, 0.4) is 0 Å². The Morgan fingerprint density at radius 2 is 2.21 bits per heavy atom. The molecular formula is C15H18N2O2. The average molecular weight is 258 g/mol. The molecule has 1 aliphatic rings. The van der Waals surface area contributed by atoms with Gasteiger partial charge in [-0.25, -0.2) is 0 Å². The van der Waals surface area contributed by atoms with E-state index in [9.17, 15) is 4.79 Å². The summed E-state index contributed by atoms with van der Waals surface area (Å²) in [4.78, 5) is 13.5. The first-order chi connectivity index (χ1) is 9.28. The van der Waals surface area contributed by atoms with Crippen LogP contribution in [-0.2, 0) is 16.1 Å². The van der Waals surface area contributed by atoms with E-state index in [0.29, 0.717) is 12.5 Å². The van der Waals surface area contributed by atoms with Gasteiger partial charge in [-0.2, -0.15) is 5.26 Å². The topological polar surface area (TPSA) is 53.3 Å². The molecule has 100 valence electrons. The number of benzene rings is 1. The molecule has 19 heavy (non-hydrogen) atoms. The SMILES string of the molecule is N#CCC(=O)OCC1CCN(Cc2ccccc2)C1. The van der Waals surface area contributed by atoms with Crippen molar-refractivity contribution in [1.29, 1.82) is 5.26 Å². The maximum Gasteiger partial charge on any atom is 0.320 e. The summed E-state index contributed by atoms with van der Waals surface area (Å²) < 4.78 is 5.08. The van der Waals surface area contributed by atoms with E-state index in [-0.39, 0.29) is 6.42 Å². The van der Waals surface area contributed by atoms with Gasteiger partial charge in [-0.3, -0.25) is 9.69 Å². The molecule has 4 nitrogen and oxygen atoms in total. The third-order valence-electron chi connectivity index (χ3n) is 3.32. The third kappa shape index (κ3) is 4.38. The van der Waals surface area contributed by atoms with E-state index in [1.807, 2.05) is 18.2 Å². The molecule has 0 saturated carbocycles. The second-order valence-corrected chi connectivity index (χ2v) is 4.89. The number of hydrogen-bond acceptors (Lipinski definition) is 4. The van der Waals surface area contributed by atoms with Gasteiger partial charge in [0.2, 0.25) is 0 Å². The number of ether oxygens (including phenoxy) is 1. The van der Waals surface area contributed by atoms with Crippen LogP contribution in [0.15, 0.2) is 30.3 Å². The summed E-state index contributed by atoms with van der Waals surface area (Å²) in [7, 11) is 0. The van der Waals surface area contributed by atoms with Gasteiger partial charge in [0.05, 0.1) is 12.7 Å². The molecule has 0 aromatic heterocycles. The lowest BCUT2D eigenvalue weighted by molar-refractivity contribution is -0.143. The number of carbonyl (C=O) groups is 1. The third-order valence-corrected chi connectivity index (χ3v) is 3.32. The monoisotopic (exact) mass is 258 g/mol. The zero-order chi connectivity index (χ0) is 13.5.